The molecule has 20 heavy (non-hydrogen) atoms. The maximum absolute atomic E-state index is 12.2. The number of amides is 2. The van der Waals surface area contributed by atoms with Crippen LogP contribution < -0.4 is 5.32 Å². The second kappa shape index (κ2) is 6.27. The number of rotatable bonds is 2. The smallest absolute Gasteiger partial charge is 0.322 e. The number of hydrogen-bond acceptors (Lipinski definition) is 2. The minimum absolute atomic E-state index is 0.131. The van der Waals surface area contributed by atoms with E-state index in [0.29, 0.717) is 12.5 Å². The molecule has 110 valence electrons. The van der Waals surface area contributed by atoms with Crippen LogP contribution in [0.25, 0.3) is 0 Å². The topological polar surface area (TPSA) is 52.6 Å². The molecule has 0 bridgehead atoms. The summed E-state index contributed by atoms with van der Waals surface area (Å²) in [5.74, 6) is 0.483. The second-order valence-corrected chi connectivity index (χ2v) is 5.94. The van der Waals surface area contributed by atoms with Gasteiger partial charge in [0.05, 0.1) is 6.10 Å². The molecule has 1 aliphatic rings. The lowest BCUT2D eigenvalue weighted by atomic mass is 10.0. The van der Waals surface area contributed by atoms with E-state index in [0.717, 1.165) is 18.5 Å². The minimum Gasteiger partial charge on any atom is -0.391 e. The minimum atomic E-state index is -0.403. The first-order chi connectivity index (χ1) is 9.47. The van der Waals surface area contributed by atoms with Gasteiger partial charge in [-0.3, -0.25) is 0 Å². The largest absolute Gasteiger partial charge is 0.391 e. The summed E-state index contributed by atoms with van der Waals surface area (Å²) in [5.41, 5.74) is 2.05. The first kappa shape index (κ1) is 14.9. The fourth-order valence-electron chi connectivity index (χ4n) is 2.52. The van der Waals surface area contributed by atoms with Gasteiger partial charge < -0.3 is 15.3 Å². The third-order valence-corrected chi connectivity index (χ3v) is 3.95. The van der Waals surface area contributed by atoms with E-state index in [1.54, 1.807) is 4.90 Å². The molecule has 1 aliphatic heterocycles. The Hall–Kier alpha value is -1.55. The van der Waals surface area contributed by atoms with E-state index in [9.17, 15) is 9.90 Å². The Bertz CT molecular complexity index is 456. The van der Waals surface area contributed by atoms with Crippen molar-refractivity contribution in [2.75, 3.05) is 11.9 Å². The number of piperidine rings is 1. The van der Waals surface area contributed by atoms with Crippen LogP contribution >= 0.6 is 0 Å². The van der Waals surface area contributed by atoms with Crippen molar-refractivity contribution >= 4 is 11.7 Å². The number of benzene rings is 1. The lowest BCUT2D eigenvalue weighted by Gasteiger charge is -2.35. The lowest BCUT2D eigenvalue weighted by molar-refractivity contribution is 0.0640. The van der Waals surface area contributed by atoms with Crippen LogP contribution in [0.3, 0.4) is 0 Å². The maximum atomic E-state index is 12.2. The van der Waals surface area contributed by atoms with Crippen molar-refractivity contribution in [3.63, 3.8) is 0 Å². The monoisotopic (exact) mass is 276 g/mol. The summed E-state index contributed by atoms with van der Waals surface area (Å²) in [5, 5.41) is 12.6. The predicted molar refractivity (Wildman–Crippen MR) is 81.0 cm³/mol. The van der Waals surface area contributed by atoms with Gasteiger partial charge >= 0.3 is 6.03 Å². The Labute approximate surface area is 120 Å². The van der Waals surface area contributed by atoms with Crippen molar-refractivity contribution in [1.29, 1.82) is 0 Å². The van der Waals surface area contributed by atoms with Crippen molar-refractivity contribution in [2.45, 2.75) is 51.7 Å². The molecule has 0 aliphatic carbocycles. The summed E-state index contributed by atoms with van der Waals surface area (Å²) < 4.78 is 0. The number of anilines is 1. The van der Waals surface area contributed by atoms with Gasteiger partial charge in [0, 0.05) is 18.3 Å². The lowest BCUT2D eigenvalue weighted by Crippen LogP contribution is -2.49. The van der Waals surface area contributed by atoms with Crippen molar-refractivity contribution in [2.24, 2.45) is 0 Å². The SMILES string of the molecule is CC(C)c1ccc(NC(=O)N2CC(O)CCC2C)cc1. The molecule has 1 saturated heterocycles. The van der Waals surface area contributed by atoms with Gasteiger partial charge in [0.2, 0.25) is 0 Å². The van der Waals surface area contributed by atoms with E-state index in [2.05, 4.69) is 19.2 Å². The van der Waals surface area contributed by atoms with Gasteiger partial charge in [0.1, 0.15) is 0 Å². The Morgan fingerprint density at radius 2 is 1.95 bits per heavy atom. The molecule has 1 aromatic rings. The van der Waals surface area contributed by atoms with E-state index < -0.39 is 6.10 Å². The van der Waals surface area contributed by atoms with Crippen molar-refractivity contribution in [3.8, 4) is 0 Å². The van der Waals surface area contributed by atoms with E-state index in [1.807, 2.05) is 31.2 Å². The maximum Gasteiger partial charge on any atom is 0.322 e. The predicted octanol–water partition coefficient (Wildman–Crippen LogP) is 3.19. The molecule has 2 amide bonds. The number of carbonyl (C=O) groups excluding carboxylic acids is 1. The average Bonchev–Trinajstić information content (AvgIpc) is 2.42. The number of nitrogens with zero attached hydrogens (tertiary/aromatic N) is 1. The third-order valence-electron chi connectivity index (χ3n) is 3.95. The zero-order chi connectivity index (χ0) is 14.7. The van der Waals surface area contributed by atoms with Crippen LogP contribution in [0.1, 0.15) is 45.1 Å². The fraction of sp³-hybridized carbons (Fsp3) is 0.562. The quantitative estimate of drug-likeness (QED) is 0.871. The number of aliphatic hydroxyl groups excluding tert-OH is 1. The number of carbonyl (C=O) groups is 1. The number of nitrogens with one attached hydrogen (secondary N) is 1. The molecule has 1 aromatic carbocycles. The first-order valence-electron chi connectivity index (χ1n) is 7.33. The van der Waals surface area contributed by atoms with Gasteiger partial charge in [-0.25, -0.2) is 4.79 Å². The average molecular weight is 276 g/mol. The Morgan fingerprint density at radius 3 is 2.55 bits per heavy atom. The molecule has 0 radical (unpaired) electrons. The van der Waals surface area contributed by atoms with Crippen LogP contribution in [0.15, 0.2) is 24.3 Å². The summed E-state index contributed by atoms with van der Waals surface area (Å²) in [6.07, 6.45) is 1.22. The molecule has 2 unspecified atom stereocenters. The second-order valence-electron chi connectivity index (χ2n) is 5.94. The van der Waals surface area contributed by atoms with Crippen LogP contribution in [0.5, 0.6) is 0 Å². The van der Waals surface area contributed by atoms with Crippen LogP contribution in [-0.4, -0.2) is 34.7 Å². The van der Waals surface area contributed by atoms with Crippen molar-refractivity contribution < 1.29 is 9.90 Å². The van der Waals surface area contributed by atoms with E-state index >= 15 is 0 Å². The van der Waals surface area contributed by atoms with Crippen LogP contribution in [0, 0.1) is 0 Å². The van der Waals surface area contributed by atoms with Gasteiger partial charge in [0.25, 0.3) is 0 Å². The molecule has 2 atom stereocenters. The Kier molecular flexibility index (Phi) is 4.65. The third kappa shape index (κ3) is 3.51. The molecular formula is C16H24N2O2. The standard InChI is InChI=1S/C16H24N2O2/c1-11(2)13-5-7-14(8-6-13)17-16(20)18-10-15(19)9-4-12(18)3/h5-8,11-12,15,19H,4,9-10H2,1-3H3,(H,17,20). The summed E-state index contributed by atoms with van der Waals surface area (Å²) in [7, 11) is 0. The van der Waals surface area contributed by atoms with Crippen LogP contribution in [-0.2, 0) is 0 Å². The summed E-state index contributed by atoms with van der Waals surface area (Å²) in [6, 6.07) is 7.97. The first-order valence-corrected chi connectivity index (χ1v) is 7.33. The zero-order valence-corrected chi connectivity index (χ0v) is 12.5. The molecule has 4 heteroatoms. The number of β-amino-alcohol motifs (C(OH)–C–C–N with tert-alkyl or cyclic N) is 1. The molecule has 2 N–H and O–H groups in total. The number of aliphatic hydroxyl groups is 1. The highest BCUT2D eigenvalue weighted by molar-refractivity contribution is 5.89. The van der Waals surface area contributed by atoms with Gasteiger partial charge in [-0.05, 0) is 43.4 Å². The Morgan fingerprint density at radius 1 is 1.30 bits per heavy atom. The normalized spacial score (nSPS) is 22.9. The molecule has 1 heterocycles. The van der Waals surface area contributed by atoms with Crippen LogP contribution in [0.4, 0.5) is 10.5 Å². The highest BCUT2D eigenvalue weighted by atomic mass is 16.3. The van der Waals surface area contributed by atoms with E-state index in [1.165, 1.54) is 5.56 Å². The number of hydrogen-bond donors (Lipinski definition) is 2. The summed E-state index contributed by atoms with van der Waals surface area (Å²) >= 11 is 0. The van der Waals surface area contributed by atoms with Gasteiger partial charge in [-0.2, -0.15) is 0 Å². The summed E-state index contributed by atoms with van der Waals surface area (Å²) in [6.45, 7) is 6.72. The van der Waals surface area contributed by atoms with Gasteiger partial charge in [0.15, 0.2) is 0 Å². The van der Waals surface area contributed by atoms with Crippen molar-refractivity contribution in [3.05, 3.63) is 29.8 Å². The number of likely N-dealkylation sites (tertiary alicyclic amines) is 1. The highest BCUT2D eigenvalue weighted by Gasteiger charge is 2.27. The molecule has 2 rings (SSSR count). The molecule has 0 spiro atoms. The molecule has 1 fully saturated rings. The highest BCUT2D eigenvalue weighted by Crippen LogP contribution is 2.20. The molecule has 4 nitrogen and oxygen atoms in total. The van der Waals surface area contributed by atoms with Gasteiger partial charge in [-0.15, -0.1) is 0 Å². The zero-order valence-electron chi connectivity index (χ0n) is 12.5. The van der Waals surface area contributed by atoms with E-state index in [-0.39, 0.29) is 12.1 Å². The summed E-state index contributed by atoms with van der Waals surface area (Å²) in [4.78, 5) is 14.0. The number of urea groups is 1. The molecule has 0 aromatic heterocycles. The van der Waals surface area contributed by atoms with E-state index in [4.69, 9.17) is 0 Å². The Balaban J connectivity index is 2.00. The fourth-order valence-corrected chi connectivity index (χ4v) is 2.52. The van der Waals surface area contributed by atoms with Crippen LogP contribution in [0.2, 0.25) is 0 Å². The molecule has 0 saturated carbocycles. The van der Waals surface area contributed by atoms with Gasteiger partial charge in [-0.1, -0.05) is 26.0 Å². The molecular weight excluding hydrogens is 252 g/mol. The van der Waals surface area contributed by atoms with Crippen molar-refractivity contribution in [1.82, 2.24) is 4.90 Å².